The third-order valence-corrected chi connectivity index (χ3v) is 5.55. The molecule has 0 fully saturated rings. The lowest BCUT2D eigenvalue weighted by Gasteiger charge is -1.98. The van der Waals surface area contributed by atoms with Crippen LogP contribution in [-0.4, -0.2) is 99.6 Å². The van der Waals surface area contributed by atoms with Crippen LogP contribution in [0.5, 0.6) is 0 Å². The van der Waals surface area contributed by atoms with Gasteiger partial charge < -0.3 is 40.9 Å². The summed E-state index contributed by atoms with van der Waals surface area (Å²) in [6.45, 7) is 0. The normalized spacial score (nSPS) is 9.14. The zero-order valence-electron chi connectivity index (χ0n) is 24.1. The van der Waals surface area contributed by atoms with Gasteiger partial charge in [0.2, 0.25) is 0 Å². The Labute approximate surface area is 279 Å². The first-order valence-corrected chi connectivity index (χ1v) is 12.7. The maximum Gasteiger partial charge on any atom is 0.336 e. The Kier molecular flexibility index (Phi) is 17.2. The van der Waals surface area contributed by atoms with Crippen molar-refractivity contribution in [2.24, 2.45) is 0 Å². The van der Waals surface area contributed by atoms with Crippen LogP contribution in [0, 0.1) is 0 Å². The molecule has 0 bridgehead atoms. The van der Waals surface area contributed by atoms with Crippen LogP contribution in [0.2, 0.25) is 0 Å². The fourth-order valence-electron chi connectivity index (χ4n) is 3.42. The molecule has 8 N–H and O–H groups in total. The fourth-order valence-corrected chi connectivity index (χ4v) is 3.42. The van der Waals surface area contributed by atoms with Crippen LogP contribution in [0.15, 0.2) is 97.1 Å². The van der Waals surface area contributed by atoms with E-state index < -0.39 is 47.8 Å². The number of hydrogen-bond donors (Lipinski definition) is 8. The van der Waals surface area contributed by atoms with E-state index >= 15 is 0 Å². The molecule has 0 heterocycles. The monoisotopic (exact) mass is 696 g/mol. The van der Waals surface area contributed by atoms with E-state index in [0.717, 1.165) is 0 Å². The lowest BCUT2D eigenvalue weighted by molar-refractivity contribution is 0.0651. The first-order chi connectivity index (χ1) is 22.5. The number of aromatic carboxylic acids is 8. The van der Waals surface area contributed by atoms with Gasteiger partial charge in [-0.25, -0.2) is 38.4 Å². The minimum Gasteiger partial charge on any atom is -0.478 e. The van der Waals surface area contributed by atoms with Crippen molar-refractivity contribution >= 4 is 58.7 Å². The second-order valence-electron chi connectivity index (χ2n) is 8.62. The summed E-state index contributed by atoms with van der Waals surface area (Å²) in [5.74, 6) is -9.83. The SMILES string of the molecule is O=C(O)c1ccccc1C(=O)O.O=C(O)c1ccccc1C(=O)O.O=C(O)c1ccccc1C(=O)O.O=C(O)c1ccccc1C(=O)O.[SiH4]. The summed E-state index contributed by atoms with van der Waals surface area (Å²) in [6, 6.07) is 21.9. The lowest BCUT2D eigenvalue weighted by Crippen LogP contribution is -2.06. The highest BCUT2D eigenvalue weighted by Crippen LogP contribution is 2.10. The molecule has 0 aliphatic carbocycles. The Balaban J connectivity index is 0.000000623. The van der Waals surface area contributed by atoms with Gasteiger partial charge >= 0.3 is 47.8 Å². The predicted molar refractivity (Wildman–Crippen MR) is 173 cm³/mol. The first kappa shape index (κ1) is 41.9. The number of hydrogen-bond acceptors (Lipinski definition) is 8. The largest absolute Gasteiger partial charge is 0.478 e. The molecule has 0 aromatic heterocycles. The summed E-state index contributed by atoms with van der Waals surface area (Å²) in [7, 11) is 0. The zero-order chi connectivity index (χ0) is 36.6. The Hall–Kier alpha value is -7.14. The summed E-state index contributed by atoms with van der Waals surface area (Å²) in [4.78, 5) is 83.7. The Bertz CT molecular complexity index is 1460. The van der Waals surface area contributed by atoms with Crippen molar-refractivity contribution in [2.75, 3.05) is 0 Å². The van der Waals surface area contributed by atoms with E-state index in [-0.39, 0.29) is 55.5 Å². The predicted octanol–water partition coefficient (Wildman–Crippen LogP) is 2.88. The molecule has 16 nitrogen and oxygen atoms in total. The molecule has 4 rings (SSSR count). The molecule has 0 unspecified atom stereocenters. The average Bonchev–Trinajstić information content (AvgIpc) is 3.05. The molecular weight excluding hydrogens is 668 g/mol. The fraction of sp³-hybridized carbons (Fsp3) is 0. The van der Waals surface area contributed by atoms with Crippen molar-refractivity contribution in [3.05, 3.63) is 142 Å². The highest BCUT2D eigenvalue weighted by Gasteiger charge is 2.16. The maximum absolute atomic E-state index is 10.5. The molecule has 0 saturated heterocycles. The zero-order valence-corrected chi connectivity index (χ0v) is 24.1. The van der Waals surface area contributed by atoms with Gasteiger partial charge in [0.1, 0.15) is 0 Å². The van der Waals surface area contributed by atoms with Crippen molar-refractivity contribution in [1.82, 2.24) is 0 Å². The molecule has 0 saturated carbocycles. The number of carboxylic acids is 8. The molecule has 49 heavy (non-hydrogen) atoms. The van der Waals surface area contributed by atoms with Gasteiger partial charge in [-0.15, -0.1) is 0 Å². The van der Waals surface area contributed by atoms with Crippen molar-refractivity contribution in [3.8, 4) is 0 Å². The molecule has 0 aliphatic heterocycles. The highest BCUT2D eigenvalue weighted by atomic mass is 28.1. The molecule has 256 valence electrons. The second-order valence-corrected chi connectivity index (χ2v) is 8.62. The summed E-state index contributed by atoms with van der Waals surface area (Å²) < 4.78 is 0. The van der Waals surface area contributed by atoms with Gasteiger partial charge in [0.15, 0.2) is 0 Å². The molecular formula is C32H28O16Si. The maximum atomic E-state index is 10.5. The average molecular weight is 697 g/mol. The van der Waals surface area contributed by atoms with E-state index in [1.807, 2.05) is 0 Å². The second kappa shape index (κ2) is 20.1. The molecule has 17 heteroatoms. The van der Waals surface area contributed by atoms with Crippen molar-refractivity contribution in [1.29, 1.82) is 0 Å². The van der Waals surface area contributed by atoms with Crippen LogP contribution in [0.1, 0.15) is 82.9 Å². The third kappa shape index (κ3) is 13.0. The van der Waals surface area contributed by atoms with Gasteiger partial charge in [-0.1, -0.05) is 48.5 Å². The number of carbonyl (C=O) groups is 8. The molecule has 0 atom stereocenters. The van der Waals surface area contributed by atoms with Crippen LogP contribution < -0.4 is 0 Å². The van der Waals surface area contributed by atoms with Crippen LogP contribution in [0.4, 0.5) is 0 Å². The van der Waals surface area contributed by atoms with Gasteiger partial charge in [0.05, 0.1) is 44.5 Å². The van der Waals surface area contributed by atoms with Gasteiger partial charge in [-0.3, -0.25) is 0 Å². The Morgan fingerprint density at radius 1 is 0.245 bits per heavy atom. The molecule has 0 amide bonds. The molecule has 0 spiro atoms. The molecule has 0 radical (unpaired) electrons. The van der Waals surface area contributed by atoms with Crippen molar-refractivity contribution in [2.45, 2.75) is 0 Å². The number of rotatable bonds is 8. The van der Waals surface area contributed by atoms with Gasteiger partial charge in [0.25, 0.3) is 0 Å². The Morgan fingerprint density at radius 2 is 0.327 bits per heavy atom. The van der Waals surface area contributed by atoms with E-state index in [0.29, 0.717) is 0 Å². The van der Waals surface area contributed by atoms with Crippen molar-refractivity contribution in [3.63, 3.8) is 0 Å². The summed E-state index contributed by atoms with van der Waals surface area (Å²) in [5.41, 5.74) is -1.52. The van der Waals surface area contributed by atoms with Gasteiger partial charge in [0, 0.05) is 0 Å². The third-order valence-electron chi connectivity index (χ3n) is 5.55. The van der Waals surface area contributed by atoms with E-state index in [2.05, 4.69) is 0 Å². The van der Waals surface area contributed by atoms with Crippen LogP contribution in [-0.2, 0) is 0 Å². The standard InChI is InChI=1S/4C8H6O4.H4Si/c4*9-7(10)5-3-1-2-4-6(5)8(11)12;/h4*1-4H,(H,9,10)(H,11,12);1H4. The molecule has 0 aliphatic rings. The topological polar surface area (TPSA) is 298 Å². The Morgan fingerprint density at radius 3 is 0.388 bits per heavy atom. The number of carboxylic acid groups (broad SMARTS) is 8. The first-order valence-electron chi connectivity index (χ1n) is 12.7. The van der Waals surface area contributed by atoms with Gasteiger partial charge in [-0.05, 0) is 59.5 Å². The van der Waals surface area contributed by atoms with Crippen LogP contribution in [0.25, 0.3) is 0 Å². The van der Waals surface area contributed by atoms with Crippen molar-refractivity contribution < 1.29 is 79.2 Å². The molecule has 4 aromatic rings. The summed E-state index contributed by atoms with van der Waals surface area (Å²) in [5, 5.41) is 68.4. The number of benzene rings is 4. The van der Waals surface area contributed by atoms with Gasteiger partial charge in [-0.2, -0.15) is 0 Å². The van der Waals surface area contributed by atoms with E-state index in [1.54, 1.807) is 0 Å². The van der Waals surface area contributed by atoms with E-state index in [1.165, 1.54) is 97.1 Å². The van der Waals surface area contributed by atoms with Crippen LogP contribution >= 0.6 is 0 Å². The van der Waals surface area contributed by atoms with Crippen LogP contribution in [0.3, 0.4) is 0 Å². The molecule has 4 aromatic carbocycles. The minimum atomic E-state index is -1.23. The quantitative estimate of drug-likeness (QED) is 0.123. The minimum absolute atomic E-state index is 0. The summed E-state index contributed by atoms with van der Waals surface area (Å²) in [6.07, 6.45) is 0. The van der Waals surface area contributed by atoms with E-state index in [9.17, 15) is 38.4 Å². The highest BCUT2D eigenvalue weighted by molar-refractivity contribution is 6.03. The lowest BCUT2D eigenvalue weighted by atomic mass is 10.1. The van der Waals surface area contributed by atoms with E-state index in [4.69, 9.17) is 40.9 Å². The summed E-state index contributed by atoms with van der Waals surface area (Å²) >= 11 is 0. The smallest absolute Gasteiger partial charge is 0.336 e.